The highest BCUT2D eigenvalue weighted by molar-refractivity contribution is 7.99. The Morgan fingerprint density at radius 1 is 1.50 bits per heavy atom. The van der Waals surface area contributed by atoms with Crippen molar-refractivity contribution in [2.45, 2.75) is 32.0 Å². The van der Waals surface area contributed by atoms with Crippen molar-refractivity contribution in [2.24, 2.45) is 5.92 Å². The number of carbonyl (C=O) groups excluding carboxylic acids is 1. The van der Waals surface area contributed by atoms with Gasteiger partial charge in [-0.1, -0.05) is 25.6 Å². The molecule has 0 atom stereocenters. The lowest BCUT2D eigenvalue weighted by Crippen LogP contribution is -2.29. The molecule has 0 aromatic carbocycles. The van der Waals surface area contributed by atoms with Gasteiger partial charge >= 0.3 is 11.7 Å². The molecule has 0 radical (unpaired) electrons. The summed E-state index contributed by atoms with van der Waals surface area (Å²) in [5, 5.41) is 17.6. The quantitative estimate of drug-likeness (QED) is 0.578. The zero-order valence-electron chi connectivity index (χ0n) is 11.4. The fourth-order valence-electron chi connectivity index (χ4n) is 1.36. The number of carbonyl (C=O) groups is 2. The van der Waals surface area contributed by atoms with Crippen molar-refractivity contribution in [3.05, 3.63) is 10.5 Å². The average Bonchev–Trinajstić information content (AvgIpc) is 2.72. The van der Waals surface area contributed by atoms with Gasteiger partial charge in [-0.05, 0) is 5.92 Å². The van der Waals surface area contributed by atoms with E-state index in [0.717, 1.165) is 11.8 Å². The number of thioether (sulfide) groups is 1. The second kappa shape index (κ2) is 7.73. The molecule has 0 aliphatic rings. The first-order valence-corrected chi connectivity index (χ1v) is 7.15. The molecule has 1 aromatic rings. The Labute approximate surface area is 119 Å². The molecule has 1 heterocycles. The van der Waals surface area contributed by atoms with E-state index in [1.54, 1.807) is 0 Å². The molecule has 8 nitrogen and oxygen atoms in total. The average molecular weight is 302 g/mol. The first kappa shape index (κ1) is 16.3. The van der Waals surface area contributed by atoms with Crippen LogP contribution in [0.4, 0.5) is 0 Å². The summed E-state index contributed by atoms with van der Waals surface area (Å²) in [5.41, 5.74) is -0.449. The van der Waals surface area contributed by atoms with Gasteiger partial charge in [0.2, 0.25) is 5.91 Å². The molecule has 0 unspecified atom stereocenters. The third-order valence-electron chi connectivity index (χ3n) is 2.32. The summed E-state index contributed by atoms with van der Waals surface area (Å²) in [7, 11) is 0. The minimum atomic E-state index is -0.994. The summed E-state index contributed by atoms with van der Waals surface area (Å²) in [5.74, 6) is -0.978. The maximum atomic E-state index is 11.6. The zero-order chi connectivity index (χ0) is 15.1. The lowest BCUT2D eigenvalue weighted by molar-refractivity contribution is -0.134. The minimum Gasteiger partial charge on any atom is -0.481 e. The second-order valence-electron chi connectivity index (χ2n) is 4.59. The smallest absolute Gasteiger partial charge is 0.343 e. The number of nitrogens with one attached hydrogen (secondary N) is 2. The Morgan fingerprint density at radius 2 is 2.20 bits per heavy atom. The van der Waals surface area contributed by atoms with E-state index >= 15 is 0 Å². The molecule has 9 heteroatoms. The molecule has 3 N–H and O–H groups in total. The molecule has 1 rings (SSSR count). The maximum Gasteiger partial charge on any atom is 0.343 e. The number of rotatable bonds is 8. The number of amides is 1. The van der Waals surface area contributed by atoms with E-state index in [2.05, 4.69) is 15.5 Å². The molecule has 112 valence electrons. The maximum absolute atomic E-state index is 11.6. The van der Waals surface area contributed by atoms with Crippen LogP contribution in [0.1, 0.15) is 20.3 Å². The number of hydrogen-bond acceptors (Lipinski definition) is 5. The number of aromatic nitrogens is 3. The molecule has 0 aliphatic carbocycles. The van der Waals surface area contributed by atoms with Crippen molar-refractivity contribution in [2.75, 3.05) is 12.3 Å². The van der Waals surface area contributed by atoms with Crippen molar-refractivity contribution in [1.82, 2.24) is 20.1 Å². The predicted octanol–water partition coefficient (Wildman–Crippen LogP) is -0.0896. The van der Waals surface area contributed by atoms with Crippen molar-refractivity contribution >= 4 is 23.6 Å². The third-order valence-corrected chi connectivity index (χ3v) is 3.28. The Kier molecular flexibility index (Phi) is 6.29. The summed E-state index contributed by atoms with van der Waals surface area (Å²) in [6.07, 6.45) is 0.146. The second-order valence-corrected chi connectivity index (χ2v) is 5.54. The van der Waals surface area contributed by atoms with Gasteiger partial charge in [0, 0.05) is 19.5 Å². The zero-order valence-corrected chi connectivity index (χ0v) is 12.2. The van der Waals surface area contributed by atoms with Crippen LogP contribution in [0, 0.1) is 5.92 Å². The van der Waals surface area contributed by atoms with E-state index in [-0.39, 0.29) is 29.8 Å². The number of carboxylic acid groups (broad SMARTS) is 1. The monoisotopic (exact) mass is 302 g/mol. The summed E-state index contributed by atoms with van der Waals surface area (Å²) in [6, 6.07) is 0. The number of hydrogen-bond donors (Lipinski definition) is 3. The highest BCUT2D eigenvalue weighted by atomic mass is 32.2. The molecule has 0 fully saturated rings. The van der Waals surface area contributed by atoms with Crippen LogP contribution in [0.15, 0.2) is 9.95 Å². The minimum absolute atomic E-state index is 0.146. The SMILES string of the molecule is CC(C)CNC(=O)CCn1c(SCC(=O)O)n[nH]c1=O. The molecule has 0 bridgehead atoms. The first-order valence-electron chi connectivity index (χ1n) is 6.16. The van der Waals surface area contributed by atoms with Crippen LogP contribution in [0.3, 0.4) is 0 Å². The molecule has 20 heavy (non-hydrogen) atoms. The number of aromatic amines is 1. The number of carboxylic acids is 1. The lowest BCUT2D eigenvalue weighted by atomic mass is 10.2. The van der Waals surface area contributed by atoms with Gasteiger partial charge in [-0.3, -0.25) is 14.2 Å². The van der Waals surface area contributed by atoms with Crippen molar-refractivity contribution < 1.29 is 14.7 Å². The summed E-state index contributed by atoms with van der Waals surface area (Å²) >= 11 is 0.935. The van der Waals surface area contributed by atoms with Crippen LogP contribution >= 0.6 is 11.8 Å². The highest BCUT2D eigenvalue weighted by Gasteiger charge is 2.12. The molecule has 1 amide bonds. The number of nitrogens with zero attached hydrogens (tertiary/aromatic N) is 2. The van der Waals surface area contributed by atoms with Gasteiger partial charge in [0.25, 0.3) is 0 Å². The summed E-state index contributed by atoms with van der Waals surface area (Å²) in [4.78, 5) is 33.6. The van der Waals surface area contributed by atoms with Crippen molar-refractivity contribution in [3.63, 3.8) is 0 Å². The van der Waals surface area contributed by atoms with Gasteiger partial charge < -0.3 is 10.4 Å². The summed E-state index contributed by atoms with van der Waals surface area (Å²) < 4.78 is 1.27. The number of aliphatic carboxylic acids is 1. The Balaban J connectivity index is 2.54. The molecule has 0 saturated heterocycles. The molecule has 0 saturated carbocycles. The standard InChI is InChI=1S/C11H18N4O4S/c1-7(2)5-12-8(16)3-4-15-10(19)13-14-11(15)20-6-9(17)18/h7H,3-6H2,1-2H3,(H,12,16)(H,13,19)(H,17,18). The largest absolute Gasteiger partial charge is 0.481 e. The normalized spacial score (nSPS) is 10.8. The van der Waals surface area contributed by atoms with Crippen LogP contribution in [0.25, 0.3) is 0 Å². The van der Waals surface area contributed by atoms with Gasteiger partial charge in [0.1, 0.15) is 0 Å². The van der Waals surface area contributed by atoms with Crippen LogP contribution in [-0.2, 0) is 16.1 Å². The van der Waals surface area contributed by atoms with E-state index < -0.39 is 11.7 Å². The van der Waals surface area contributed by atoms with Crippen LogP contribution in [0.5, 0.6) is 0 Å². The molecular weight excluding hydrogens is 284 g/mol. The van der Waals surface area contributed by atoms with Gasteiger partial charge in [-0.25, -0.2) is 9.89 Å². The van der Waals surface area contributed by atoms with Gasteiger partial charge in [0.05, 0.1) is 5.75 Å². The van der Waals surface area contributed by atoms with Crippen molar-refractivity contribution in [3.8, 4) is 0 Å². The lowest BCUT2D eigenvalue weighted by Gasteiger charge is -2.08. The van der Waals surface area contributed by atoms with Crippen molar-refractivity contribution in [1.29, 1.82) is 0 Å². The van der Waals surface area contributed by atoms with E-state index in [1.807, 2.05) is 13.8 Å². The molecular formula is C11H18N4O4S. The Hall–Kier alpha value is -1.77. The van der Waals surface area contributed by atoms with Gasteiger partial charge in [-0.2, -0.15) is 0 Å². The molecule has 0 spiro atoms. The van der Waals surface area contributed by atoms with E-state index in [9.17, 15) is 14.4 Å². The molecule has 0 aliphatic heterocycles. The highest BCUT2D eigenvalue weighted by Crippen LogP contribution is 2.12. The van der Waals surface area contributed by atoms with Crippen LogP contribution in [-0.4, -0.2) is 44.0 Å². The van der Waals surface area contributed by atoms with Gasteiger partial charge in [0.15, 0.2) is 5.16 Å². The predicted molar refractivity (Wildman–Crippen MR) is 73.7 cm³/mol. The van der Waals surface area contributed by atoms with E-state index in [1.165, 1.54) is 4.57 Å². The fraction of sp³-hybridized carbons (Fsp3) is 0.636. The number of H-pyrrole nitrogens is 1. The van der Waals surface area contributed by atoms with E-state index in [0.29, 0.717) is 12.5 Å². The Morgan fingerprint density at radius 3 is 2.80 bits per heavy atom. The fourth-order valence-corrected chi connectivity index (χ4v) is 2.05. The summed E-state index contributed by atoms with van der Waals surface area (Å²) in [6.45, 7) is 4.73. The first-order chi connectivity index (χ1) is 9.40. The van der Waals surface area contributed by atoms with Gasteiger partial charge in [-0.15, -0.1) is 5.10 Å². The Bertz CT molecular complexity index is 523. The van der Waals surface area contributed by atoms with E-state index in [4.69, 9.17) is 5.11 Å². The third kappa shape index (κ3) is 5.47. The van der Waals surface area contributed by atoms with Crippen LogP contribution in [0.2, 0.25) is 0 Å². The molecule has 1 aromatic heterocycles. The topological polar surface area (TPSA) is 117 Å². The van der Waals surface area contributed by atoms with Crippen LogP contribution < -0.4 is 11.0 Å².